The summed E-state index contributed by atoms with van der Waals surface area (Å²) in [5, 5.41) is 21.4. The van der Waals surface area contributed by atoms with Crippen molar-refractivity contribution in [2.45, 2.75) is 37.6 Å². The lowest BCUT2D eigenvalue weighted by Gasteiger charge is -2.26. The number of ether oxygens (including phenoxy) is 1. The Morgan fingerprint density at radius 1 is 1.07 bits per heavy atom. The molecule has 0 amide bonds. The molecule has 0 bridgehead atoms. The minimum Gasteiger partial charge on any atom is -0.599 e. The van der Waals surface area contributed by atoms with Gasteiger partial charge in [0, 0.05) is 12.5 Å². The maximum Gasteiger partial charge on any atom is 0.306 e. The zero-order chi connectivity index (χ0) is 18.8. The fraction of sp³-hybridized carbons (Fsp3) is 0.364. The Morgan fingerprint density at radius 3 is 2.33 bits per heavy atom. The number of benzene rings is 2. The molecule has 0 spiro atoms. The number of carboxylic acids is 1. The maximum absolute atomic E-state index is 12.2. The van der Waals surface area contributed by atoms with Gasteiger partial charge in [0.15, 0.2) is 0 Å². The third-order valence-corrected chi connectivity index (χ3v) is 5.62. The minimum absolute atomic E-state index is 0.00896. The van der Waals surface area contributed by atoms with Crippen LogP contribution in [-0.4, -0.2) is 29.8 Å². The summed E-state index contributed by atoms with van der Waals surface area (Å²) in [5.41, 5.74) is 4.69. The number of aliphatic imine (C=N–C) groups is 1. The molecule has 5 nitrogen and oxygen atoms in total. The van der Waals surface area contributed by atoms with Gasteiger partial charge < -0.3 is 14.9 Å². The highest BCUT2D eigenvalue weighted by molar-refractivity contribution is 5.79. The third kappa shape index (κ3) is 3.54. The van der Waals surface area contributed by atoms with E-state index in [1.807, 2.05) is 24.3 Å². The van der Waals surface area contributed by atoms with E-state index in [0.717, 1.165) is 24.0 Å². The van der Waals surface area contributed by atoms with E-state index in [9.17, 15) is 9.90 Å². The van der Waals surface area contributed by atoms with Crippen LogP contribution in [0.5, 0.6) is 0 Å². The number of carbonyl (C=O) groups is 1. The fourth-order valence-electron chi connectivity index (χ4n) is 4.29. The summed E-state index contributed by atoms with van der Waals surface area (Å²) in [4.78, 5) is 15.3. The molecule has 27 heavy (non-hydrogen) atoms. The standard InChI is InChI=1S/C22H23NO4/c24-21(25)14-6-5-7-15(12-14)23-22(26)27-13-20-18-10-3-1-8-16(18)17-9-2-4-11-19(17)20/h1-4,8-11,14-15,20H,5-7,12-13H2,(H,23,26)(H,24,25)/p-1/t14-,15+/m0/s1. The molecule has 0 aliphatic heterocycles. The molecule has 140 valence electrons. The number of hydrogen-bond acceptors (Lipinski definition) is 4. The normalized spacial score (nSPS) is 22.1. The molecule has 2 aliphatic carbocycles. The van der Waals surface area contributed by atoms with Crippen molar-refractivity contribution in [3.63, 3.8) is 0 Å². The van der Waals surface area contributed by atoms with Crippen molar-refractivity contribution in [1.29, 1.82) is 0 Å². The molecular weight excluding hydrogens is 342 g/mol. The molecule has 0 saturated heterocycles. The Labute approximate surface area is 158 Å². The lowest BCUT2D eigenvalue weighted by Crippen LogP contribution is -2.30. The lowest BCUT2D eigenvalue weighted by atomic mass is 9.86. The molecule has 5 heteroatoms. The molecule has 0 radical (unpaired) electrons. The Kier molecular flexibility index (Phi) is 4.84. The average Bonchev–Trinajstić information content (AvgIpc) is 3.00. The Hall–Kier alpha value is -2.82. The molecular formula is C22H22NO4-. The predicted octanol–water partition coefficient (Wildman–Crippen LogP) is 3.18. The smallest absolute Gasteiger partial charge is 0.306 e. The van der Waals surface area contributed by atoms with Crippen LogP contribution in [0, 0.1) is 5.92 Å². The quantitative estimate of drug-likeness (QED) is 0.667. The summed E-state index contributed by atoms with van der Waals surface area (Å²) in [5.74, 6) is -1.20. The first-order valence-corrected chi connectivity index (χ1v) is 9.42. The molecule has 1 saturated carbocycles. The molecule has 0 heterocycles. The zero-order valence-corrected chi connectivity index (χ0v) is 15.0. The van der Waals surface area contributed by atoms with Gasteiger partial charge in [0.2, 0.25) is 0 Å². The van der Waals surface area contributed by atoms with E-state index >= 15 is 0 Å². The molecule has 1 N–H and O–H groups in total. The number of hydrogen-bond donors (Lipinski definition) is 1. The first kappa shape index (κ1) is 17.6. The van der Waals surface area contributed by atoms with Crippen molar-refractivity contribution in [2.24, 2.45) is 10.9 Å². The van der Waals surface area contributed by atoms with Crippen LogP contribution in [-0.2, 0) is 9.53 Å². The van der Waals surface area contributed by atoms with Crippen LogP contribution in [0.4, 0.5) is 0 Å². The lowest BCUT2D eigenvalue weighted by molar-refractivity contribution is -0.251. The average molecular weight is 364 g/mol. The number of carboxylic acid groups (broad SMARTS) is 1. The van der Waals surface area contributed by atoms with Crippen molar-refractivity contribution in [3.8, 4) is 11.1 Å². The first-order chi connectivity index (χ1) is 13.1. The van der Waals surface area contributed by atoms with E-state index < -0.39 is 18.0 Å². The molecule has 2 aromatic carbocycles. The number of aliphatic carboxylic acids is 1. The largest absolute Gasteiger partial charge is 0.599 e. The minimum atomic E-state index is -0.803. The van der Waals surface area contributed by atoms with E-state index in [2.05, 4.69) is 29.3 Å². The second-order valence-electron chi connectivity index (χ2n) is 7.29. The van der Waals surface area contributed by atoms with Gasteiger partial charge in [-0.25, -0.2) is 0 Å². The van der Waals surface area contributed by atoms with Crippen molar-refractivity contribution in [1.82, 2.24) is 0 Å². The van der Waals surface area contributed by atoms with Crippen molar-refractivity contribution in [3.05, 3.63) is 59.7 Å². The molecule has 2 aromatic rings. The van der Waals surface area contributed by atoms with Gasteiger partial charge in [-0.1, -0.05) is 55.0 Å². The van der Waals surface area contributed by atoms with Gasteiger partial charge in [-0.05, 0) is 41.5 Å². The highest BCUT2D eigenvalue weighted by Gasteiger charge is 2.28. The van der Waals surface area contributed by atoms with Gasteiger partial charge in [0.1, 0.15) is 6.08 Å². The highest BCUT2D eigenvalue weighted by atomic mass is 16.6. The summed E-state index contributed by atoms with van der Waals surface area (Å²) < 4.78 is 5.49. The van der Waals surface area contributed by atoms with Crippen LogP contribution in [0.3, 0.4) is 0 Å². The topological polar surface area (TPSA) is 82.0 Å². The van der Waals surface area contributed by atoms with E-state index in [1.165, 1.54) is 11.1 Å². The Bertz CT molecular complexity index is 831. The summed E-state index contributed by atoms with van der Waals surface area (Å²) in [7, 11) is 0. The maximum atomic E-state index is 12.2. The van der Waals surface area contributed by atoms with E-state index in [0.29, 0.717) is 12.8 Å². The number of fused-ring (bicyclic) bond motifs is 3. The number of rotatable bonds is 4. The van der Waals surface area contributed by atoms with Crippen molar-refractivity contribution < 1.29 is 19.7 Å². The van der Waals surface area contributed by atoms with Crippen LogP contribution in [0.25, 0.3) is 11.1 Å². The van der Waals surface area contributed by atoms with Crippen LogP contribution in [0.15, 0.2) is 53.5 Å². The Balaban J connectivity index is 1.46. The summed E-state index contributed by atoms with van der Waals surface area (Å²) in [6.45, 7) is 0.242. The monoisotopic (exact) mass is 364 g/mol. The first-order valence-electron chi connectivity index (χ1n) is 9.42. The highest BCUT2D eigenvalue weighted by Crippen LogP contribution is 2.44. The fourth-order valence-corrected chi connectivity index (χ4v) is 4.29. The van der Waals surface area contributed by atoms with Gasteiger partial charge in [-0.2, -0.15) is 0 Å². The van der Waals surface area contributed by atoms with Crippen LogP contribution < -0.4 is 5.11 Å². The summed E-state index contributed by atoms with van der Waals surface area (Å²) >= 11 is 0. The summed E-state index contributed by atoms with van der Waals surface area (Å²) in [6.07, 6.45) is 2.01. The molecule has 4 rings (SSSR count). The van der Waals surface area contributed by atoms with E-state index in [1.54, 1.807) is 0 Å². The molecule has 0 unspecified atom stereocenters. The molecule has 1 fully saturated rings. The van der Waals surface area contributed by atoms with Crippen molar-refractivity contribution >= 4 is 12.1 Å². The van der Waals surface area contributed by atoms with Crippen LogP contribution in [0.2, 0.25) is 0 Å². The summed E-state index contributed by atoms with van der Waals surface area (Å²) in [6, 6.07) is 16.1. The third-order valence-electron chi connectivity index (χ3n) is 5.62. The van der Waals surface area contributed by atoms with Crippen molar-refractivity contribution in [2.75, 3.05) is 6.61 Å². The van der Waals surface area contributed by atoms with Crippen LogP contribution in [0.1, 0.15) is 42.7 Å². The van der Waals surface area contributed by atoms with E-state index in [-0.39, 0.29) is 18.6 Å². The molecule has 0 aromatic heterocycles. The van der Waals surface area contributed by atoms with Gasteiger partial charge in [0.05, 0.1) is 12.0 Å². The van der Waals surface area contributed by atoms with Gasteiger partial charge >= 0.3 is 5.97 Å². The van der Waals surface area contributed by atoms with E-state index in [4.69, 9.17) is 9.84 Å². The van der Waals surface area contributed by atoms with Gasteiger partial charge in [0.25, 0.3) is 0 Å². The number of nitrogens with zero attached hydrogens (tertiary/aromatic N) is 1. The van der Waals surface area contributed by atoms with Gasteiger partial charge in [-0.15, -0.1) is 0 Å². The molecule has 2 atom stereocenters. The predicted molar refractivity (Wildman–Crippen MR) is 100 cm³/mol. The SMILES string of the molecule is O=C(O)[C@H]1CCC[C@@H](N=C([O-])OCC2c3ccccc3-c3ccccc32)C1. The molecule has 2 aliphatic rings. The second-order valence-corrected chi connectivity index (χ2v) is 7.29. The Morgan fingerprint density at radius 2 is 1.70 bits per heavy atom. The van der Waals surface area contributed by atoms with Crippen LogP contribution >= 0.6 is 0 Å². The zero-order valence-electron chi connectivity index (χ0n) is 15.0. The second kappa shape index (κ2) is 7.43. The van der Waals surface area contributed by atoms with Gasteiger partial charge in [-0.3, -0.25) is 9.79 Å².